The average Bonchev–Trinajstić information content (AvgIpc) is 0.781. The molecule has 0 saturated carbocycles. The topological polar surface area (TPSA) is 307 Å². The molecule has 19 heteroatoms. The molecule has 17 unspecified atom stereocenters. The Balaban J connectivity index is 1.38. The van der Waals surface area contributed by atoms with E-state index in [1.54, 1.807) is 6.08 Å². The first-order valence-corrected chi connectivity index (χ1v) is 41.2. The van der Waals surface area contributed by atoms with Gasteiger partial charge >= 0.3 is 0 Å². The second-order valence-corrected chi connectivity index (χ2v) is 29.2. The molecule has 3 saturated heterocycles. The number of allylic oxidation sites excluding steroid dienone is 11. The van der Waals surface area contributed by atoms with Crippen LogP contribution in [0.15, 0.2) is 72.9 Å². The van der Waals surface area contributed by atoms with E-state index in [0.717, 1.165) is 77.0 Å². The Morgan fingerprint density at radius 1 is 0.363 bits per heavy atom. The van der Waals surface area contributed by atoms with Gasteiger partial charge in [0, 0.05) is 6.42 Å². The number of aliphatic hydroxyl groups excluding tert-OH is 11. The maximum absolute atomic E-state index is 13.5. The summed E-state index contributed by atoms with van der Waals surface area (Å²) in [4.78, 5) is 13.5. The average molecular weight is 1450 g/mol. The quantitative estimate of drug-likeness (QED) is 0.0199. The van der Waals surface area contributed by atoms with Crippen molar-refractivity contribution in [3.63, 3.8) is 0 Å². The van der Waals surface area contributed by atoms with Crippen molar-refractivity contribution in [1.82, 2.24) is 5.32 Å². The van der Waals surface area contributed by atoms with E-state index >= 15 is 0 Å². The van der Waals surface area contributed by atoms with Gasteiger partial charge in [-0.2, -0.15) is 0 Å². The second kappa shape index (κ2) is 63.2. The van der Waals surface area contributed by atoms with Gasteiger partial charge in [-0.25, -0.2) is 0 Å². The number of aliphatic hydroxyl groups is 11. The highest BCUT2D eigenvalue weighted by Gasteiger charge is 2.54. The molecule has 3 aliphatic rings. The molecule has 594 valence electrons. The van der Waals surface area contributed by atoms with Crippen molar-refractivity contribution in [2.24, 2.45) is 0 Å². The van der Waals surface area contributed by atoms with E-state index in [1.165, 1.54) is 205 Å². The van der Waals surface area contributed by atoms with Gasteiger partial charge < -0.3 is 89.9 Å². The summed E-state index contributed by atoms with van der Waals surface area (Å²) in [6.07, 6.45) is 56.1. The zero-order valence-electron chi connectivity index (χ0n) is 63.6. The van der Waals surface area contributed by atoms with E-state index in [1.807, 2.05) is 6.08 Å². The Kier molecular flexibility index (Phi) is 57.9. The smallest absolute Gasteiger partial charge is 0.220 e. The monoisotopic (exact) mass is 1450 g/mol. The number of nitrogens with one attached hydrogen (secondary N) is 1. The normalized spacial score (nSPS) is 26.5. The minimum atomic E-state index is -1.98. The van der Waals surface area contributed by atoms with Crippen molar-refractivity contribution in [2.45, 2.75) is 420 Å². The molecular formula is C83H149NO18. The lowest BCUT2D eigenvalue weighted by Gasteiger charge is -2.48. The molecule has 19 nitrogen and oxygen atoms in total. The van der Waals surface area contributed by atoms with Gasteiger partial charge in [0.05, 0.1) is 38.6 Å². The van der Waals surface area contributed by atoms with Crippen molar-refractivity contribution in [3.05, 3.63) is 72.9 Å². The lowest BCUT2D eigenvalue weighted by Crippen LogP contribution is -2.66. The molecule has 0 aliphatic carbocycles. The van der Waals surface area contributed by atoms with Crippen LogP contribution in [-0.4, -0.2) is 193 Å². The minimum absolute atomic E-state index is 0.230. The number of ether oxygens (including phenoxy) is 6. The summed E-state index contributed by atoms with van der Waals surface area (Å²) >= 11 is 0. The van der Waals surface area contributed by atoms with E-state index in [4.69, 9.17) is 28.4 Å². The van der Waals surface area contributed by atoms with Gasteiger partial charge in [-0.3, -0.25) is 4.79 Å². The highest BCUT2D eigenvalue weighted by Crippen LogP contribution is 2.33. The summed E-state index contributed by atoms with van der Waals surface area (Å²) in [5.41, 5.74) is 0. The third-order valence-electron chi connectivity index (χ3n) is 20.2. The lowest BCUT2D eigenvalue weighted by atomic mass is 9.96. The van der Waals surface area contributed by atoms with Crippen LogP contribution in [0, 0.1) is 0 Å². The molecule has 3 rings (SSSR count). The Morgan fingerprint density at radius 3 is 1.10 bits per heavy atom. The van der Waals surface area contributed by atoms with Gasteiger partial charge in [-0.05, 0) is 70.6 Å². The van der Waals surface area contributed by atoms with Gasteiger partial charge in [-0.1, -0.05) is 311 Å². The third-order valence-corrected chi connectivity index (χ3v) is 20.2. The first kappa shape index (κ1) is 93.4. The summed E-state index contributed by atoms with van der Waals surface area (Å²) < 4.78 is 34.4. The summed E-state index contributed by atoms with van der Waals surface area (Å²) in [7, 11) is 0. The number of amides is 1. The Labute approximate surface area is 617 Å². The van der Waals surface area contributed by atoms with Crippen molar-refractivity contribution in [3.8, 4) is 0 Å². The SMILES string of the molecule is CC/C=C\C/C=C\C/C=C\C/C=C\CCCCCCCCCCCCCCC(=O)NC(COC1OC(CO)C(OC2OC(CO)C(OC3OC(CO)C(O)C(O)C3O)C(O)C2O)C(O)C1O)C(O)/C=C/CC/C=C/CCCCCCCCCCCCCCCCCCCCCCCCCCCC. The first-order valence-electron chi connectivity index (χ1n) is 41.2. The molecule has 1 amide bonds. The van der Waals surface area contributed by atoms with Crippen molar-refractivity contribution in [2.75, 3.05) is 26.4 Å². The fourth-order valence-corrected chi connectivity index (χ4v) is 13.7. The summed E-state index contributed by atoms with van der Waals surface area (Å²) in [6, 6.07) is -0.997. The summed E-state index contributed by atoms with van der Waals surface area (Å²) in [5.74, 6) is -0.287. The number of hydrogen-bond donors (Lipinski definition) is 12. The van der Waals surface area contributed by atoms with Crippen LogP contribution in [0.3, 0.4) is 0 Å². The fraction of sp³-hybridized carbons (Fsp3) is 0.843. The predicted molar refractivity (Wildman–Crippen MR) is 406 cm³/mol. The van der Waals surface area contributed by atoms with Gasteiger partial charge in [0.2, 0.25) is 5.91 Å². The van der Waals surface area contributed by atoms with Crippen LogP contribution < -0.4 is 5.32 Å². The highest BCUT2D eigenvalue weighted by molar-refractivity contribution is 5.76. The van der Waals surface area contributed by atoms with Gasteiger partial charge in [-0.15, -0.1) is 0 Å². The van der Waals surface area contributed by atoms with Crippen LogP contribution in [0.25, 0.3) is 0 Å². The predicted octanol–water partition coefficient (Wildman–Crippen LogP) is 14.0. The number of carbonyl (C=O) groups excluding carboxylic acids is 1. The van der Waals surface area contributed by atoms with Gasteiger partial charge in [0.25, 0.3) is 0 Å². The van der Waals surface area contributed by atoms with Crippen LogP contribution in [0.5, 0.6) is 0 Å². The zero-order chi connectivity index (χ0) is 73.9. The zero-order valence-corrected chi connectivity index (χ0v) is 63.6. The molecule has 0 spiro atoms. The van der Waals surface area contributed by atoms with Crippen LogP contribution in [0.4, 0.5) is 0 Å². The molecule has 3 aliphatic heterocycles. The van der Waals surface area contributed by atoms with Gasteiger partial charge in [0.1, 0.15) is 73.2 Å². The standard InChI is InChI=1S/C83H149NO18/c1-3-5-7-9-11-13-15-17-19-21-23-25-27-29-30-31-32-33-34-35-37-38-40-42-44-46-48-50-52-54-56-58-60-67(88)66(84-71(89)61-59-57-55-53-51-49-47-45-43-41-39-36-28-26-24-22-20-18-16-14-12-10-8-6-4-2)65-97-81-77(95)74(92)79(69(63-86)99-81)102-83-78(96)75(93)80(70(64-87)100-83)101-82-76(94)73(91)72(90)68(62-85)98-82/h6,8,12,14,18,20,24,26,50,52,58,60,66-70,72-83,85-88,90-96H,3-5,7,9-11,13,15-17,19,21-23,25,27-49,51,53-57,59,61-65H2,1-2H3,(H,84,89)/b8-6-,14-12-,20-18-,26-24-,52-50+,60-58+. The largest absolute Gasteiger partial charge is 0.394 e. The molecule has 0 aromatic rings. The van der Waals surface area contributed by atoms with Crippen LogP contribution in [0.1, 0.15) is 316 Å². The molecule has 0 radical (unpaired) electrons. The molecule has 0 aromatic carbocycles. The molecule has 0 bridgehead atoms. The van der Waals surface area contributed by atoms with Crippen molar-refractivity contribution < 1.29 is 89.4 Å². The first-order chi connectivity index (χ1) is 49.8. The third kappa shape index (κ3) is 42.7. The molecule has 3 fully saturated rings. The fourth-order valence-electron chi connectivity index (χ4n) is 13.7. The molecule has 12 N–H and O–H groups in total. The van der Waals surface area contributed by atoms with Gasteiger partial charge in [0.15, 0.2) is 18.9 Å². The summed E-state index contributed by atoms with van der Waals surface area (Å²) in [5, 5.41) is 121. The van der Waals surface area contributed by atoms with Crippen LogP contribution in [0.2, 0.25) is 0 Å². The van der Waals surface area contributed by atoms with Crippen molar-refractivity contribution in [1.29, 1.82) is 0 Å². The van der Waals surface area contributed by atoms with E-state index < -0.39 is 124 Å². The van der Waals surface area contributed by atoms with Crippen LogP contribution in [-0.2, 0) is 33.2 Å². The molecule has 3 heterocycles. The minimum Gasteiger partial charge on any atom is -0.394 e. The second-order valence-electron chi connectivity index (χ2n) is 29.2. The lowest BCUT2D eigenvalue weighted by molar-refractivity contribution is -0.379. The number of carbonyl (C=O) groups is 1. The Bertz CT molecular complexity index is 2120. The highest BCUT2D eigenvalue weighted by atomic mass is 16.8. The number of hydrogen-bond acceptors (Lipinski definition) is 18. The Morgan fingerprint density at radius 2 is 0.686 bits per heavy atom. The number of unbranched alkanes of at least 4 members (excludes halogenated alkanes) is 39. The molecular weight excluding hydrogens is 1300 g/mol. The van der Waals surface area contributed by atoms with Crippen LogP contribution >= 0.6 is 0 Å². The van der Waals surface area contributed by atoms with E-state index in [9.17, 15) is 61.0 Å². The molecule has 0 aromatic heterocycles. The number of rotatable bonds is 65. The molecule has 17 atom stereocenters. The van der Waals surface area contributed by atoms with E-state index in [0.29, 0.717) is 12.8 Å². The van der Waals surface area contributed by atoms with Crippen molar-refractivity contribution >= 4 is 5.91 Å². The maximum atomic E-state index is 13.5. The Hall–Kier alpha value is -2.77. The van der Waals surface area contributed by atoms with E-state index in [2.05, 4.69) is 79.9 Å². The maximum Gasteiger partial charge on any atom is 0.220 e. The molecule has 102 heavy (non-hydrogen) atoms. The summed E-state index contributed by atoms with van der Waals surface area (Å²) in [6.45, 7) is 1.64. The van der Waals surface area contributed by atoms with E-state index in [-0.39, 0.29) is 18.9 Å².